The number of benzene rings is 3. The van der Waals surface area contributed by atoms with E-state index in [0.717, 1.165) is 22.1 Å². The van der Waals surface area contributed by atoms with E-state index >= 15 is 0 Å². The minimum atomic E-state index is -4.24. The number of amides is 1. The van der Waals surface area contributed by atoms with Crippen LogP contribution in [0.5, 0.6) is 5.75 Å². The van der Waals surface area contributed by atoms with Gasteiger partial charge in [-0.2, -0.15) is 9.41 Å². The fraction of sp³-hybridized carbons (Fsp3) is 0.167. The zero-order chi connectivity index (χ0) is 27.2. The van der Waals surface area contributed by atoms with E-state index in [9.17, 15) is 27.7 Å². The maximum Gasteiger partial charge on any atom is 0.311 e. The molecule has 0 radical (unpaired) electrons. The first-order chi connectivity index (χ1) is 17.5. The van der Waals surface area contributed by atoms with Crippen LogP contribution in [0.3, 0.4) is 0 Å². The van der Waals surface area contributed by atoms with Crippen molar-refractivity contribution in [1.29, 1.82) is 0 Å². The molecule has 0 aliphatic carbocycles. The van der Waals surface area contributed by atoms with Crippen molar-refractivity contribution >= 4 is 39.4 Å². The summed E-state index contributed by atoms with van der Waals surface area (Å²) in [4.78, 5) is 23.1. The van der Waals surface area contributed by atoms with Gasteiger partial charge in [-0.25, -0.2) is 18.2 Å². The predicted molar refractivity (Wildman–Crippen MR) is 136 cm³/mol. The average molecular weight is 549 g/mol. The lowest BCUT2D eigenvalue weighted by atomic mass is 10.2. The highest BCUT2D eigenvalue weighted by Gasteiger charge is 2.28. The fourth-order valence-corrected chi connectivity index (χ4v) is 4.84. The first-order valence-corrected chi connectivity index (χ1v) is 12.5. The van der Waals surface area contributed by atoms with Crippen LogP contribution in [0.15, 0.2) is 70.7 Å². The number of nitro benzene ring substituents is 1. The maximum absolute atomic E-state index is 14.4. The third-order valence-electron chi connectivity index (χ3n) is 5.18. The topological polar surface area (TPSA) is 131 Å². The number of aryl methyl sites for hydroxylation is 1. The number of rotatable bonds is 10. The van der Waals surface area contributed by atoms with Crippen LogP contribution in [0.2, 0.25) is 5.02 Å². The highest BCUT2D eigenvalue weighted by molar-refractivity contribution is 7.89. The summed E-state index contributed by atoms with van der Waals surface area (Å²) >= 11 is 6.09. The van der Waals surface area contributed by atoms with Gasteiger partial charge in [0.15, 0.2) is 5.75 Å². The zero-order valence-corrected chi connectivity index (χ0v) is 21.3. The molecular weight excluding hydrogens is 527 g/mol. The SMILES string of the molecule is COc1ccc(/C=N\NC(=O)CN(Cc2c(F)cccc2Cl)S(=O)(=O)c2ccc(C)cc2)cc1[N+](=O)[O-]. The molecule has 1 N–H and O–H groups in total. The number of halogens is 2. The molecule has 0 unspecified atom stereocenters. The van der Waals surface area contributed by atoms with Gasteiger partial charge < -0.3 is 4.74 Å². The van der Waals surface area contributed by atoms with Crippen LogP contribution in [-0.4, -0.2) is 43.4 Å². The number of ether oxygens (including phenoxy) is 1. The Kier molecular flexibility index (Phi) is 8.92. The van der Waals surface area contributed by atoms with E-state index in [0.29, 0.717) is 0 Å². The molecule has 0 saturated heterocycles. The highest BCUT2D eigenvalue weighted by Crippen LogP contribution is 2.27. The Morgan fingerprint density at radius 2 is 1.92 bits per heavy atom. The summed E-state index contributed by atoms with van der Waals surface area (Å²) in [7, 11) is -2.95. The minimum absolute atomic E-state index is 0.00337. The lowest BCUT2D eigenvalue weighted by Crippen LogP contribution is -2.39. The molecule has 37 heavy (non-hydrogen) atoms. The first kappa shape index (κ1) is 27.7. The molecule has 0 spiro atoms. The molecule has 10 nitrogen and oxygen atoms in total. The third-order valence-corrected chi connectivity index (χ3v) is 7.34. The Bertz CT molecular complexity index is 1430. The second-order valence-corrected chi connectivity index (χ2v) is 10.1. The van der Waals surface area contributed by atoms with Gasteiger partial charge in [0.2, 0.25) is 10.0 Å². The number of nitro groups is 1. The van der Waals surface area contributed by atoms with Crippen LogP contribution < -0.4 is 10.2 Å². The Hall–Kier alpha value is -3.87. The van der Waals surface area contributed by atoms with Crippen molar-refractivity contribution < 1.29 is 27.3 Å². The first-order valence-electron chi connectivity index (χ1n) is 10.7. The summed E-state index contributed by atoms with van der Waals surface area (Å²) in [6, 6.07) is 13.9. The summed E-state index contributed by atoms with van der Waals surface area (Å²) in [5, 5.41) is 14.9. The van der Waals surface area contributed by atoms with Crippen molar-refractivity contribution in [3.8, 4) is 5.75 Å². The number of sulfonamides is 1. The Labute approximate surface area is 217 Å². The molecule has 3 aromatic rings. The molecule has 0 fully saturated rings. The highest BCUT2D eigenvalue weighted by atomic mass is 35.5. The third kappa shape index (κ3) is 6.88. The van der Waals surface area contributed by atoms with E-state index in [1.54, 1.807) is 19.1 Å². The van der Waals surface area contributed by atoms with Gasteiger partial charge in [-0.1, -0.05) is 35.4 Å². The van der Waals surface area contributed by atoms with Gasteiger partial charge in [0.1, 0.15) is 5.82 Å². The fourth-order valence-electron chi connectivity index (χ4n) is 3.25. The van der Waals surface area contributed by atoms with Crippen LogP contribution >= 0.6 is 11.6 Å². The molecular formula is C24H22ClFN4O6S. The molecule has 3 rings (SSSR count). The normalized spacial score (nSPS) is 11.6. The monoisotopic (exact) mass is 548 g/mol. The van der Waals surface area contributed by atoms with Gasteiger partial charge in [-0.15, -0.1) is 0 Å². The zero-order valence-electron chi connectivity index (χ0n) is 19.7. The predicted octanol–water partition coefficient (Wildman–Crippen LogP) is 4.05. The van der Waals surface area contributed by atoms with Crippen LogP contribution in [0.1, 0.15) is 16.7 Å². The molecule has 0 aliphatic heterocycles. The minimum Gasteiger partial charge on any atom is -0.490 e. The second kappa shape index (κ2) is 11.9. The lowest BCUT2D eigenvalue weighted by Gasteiger charge is -2.22. The summed E-state index contributed by atoms with van der Waals surface area (Å²) in [5.41, 5.74) is 2.91. The van der Waals surface area contributed by atoms with Crippen molar-refractivity contribution in [3.63, 3.8) is 0 Å². The molecule has 0 saturated carbocycles. The smallest absolute Gasteiger partial charge is 0.311 e. The molecule has 0 heterocycles. The quantitative estimate of drug-likeness (QED) is 0.231. The van der Waals surface area contributed by atoms with Crippen molar-refractivity contribution in [3.05, 3.63) is 98.3 Å². The van der Waals surface area contributed by atoms with Crippen molar-refractivity contribution in [2.75, 3.05) is 13.7 Å². The lowest BCUT2D eigenvalue weighted by molar-refractivity contribution is -0.385. The van der Waals surface area contributed by atoms with Gasteiger partial charge in [0.25, 0.3) is 5.91 Å². The molecule has 1 amide bonds. The average Bonchev–Trinajstić information content (AvgIpc) is 2.85. The van der Waals surface area contributed by atoms with Gasteiger partial charge >= 0.3 is 5.69 Å². The summed E-state index contributed by atoms with van der Waals surface area (Å²) in [6.07, 6.45) is 1.15. The van der Waals surface area contributed by atoms with E-state index in [-0.39, 0.29) is 32.5 Å². The number of hydrogen-bond acceptors (Lipinski definition) is 7. The van der Waals surface area contributed by atoms with Crippen LogP contribution in [0, 0.1) is 22.9 Å². The Balaban J connectivity index is 1.83. The van der Waals surface area contributed by atoms with Gasteiger partial charge in [-0.05, 0) is 43.3 Å². The van der Waals surface area contributed by atoms with Crippen LogP contribution in [-0.2, 0) is 21.4 Å². The summed E-state index contributed by atoms with van der Waals surface area (Å²) in [6.45, 7) is 0.570. The molecule has 0 aliphatic rings. The number of hydrogen-bond donors (Lipinski definition) is 1. The molecule has 0 atom stereocenters. The standard InChI is InChI=1S/C24H22ClFN4O6S/c1-16-6-9-18(10-7-16)37(34,35)29(14-19-20(25)4-3-5-21(19)26)15-24(31)28-27-13-17-8-11-23(36-2)22(12-17)30(32)33/h3-13H,14-15H2,1-2H3,(H,28,31)/b27-13-. The van der Waals surface area contributed by atoms with E-state index in [1.165, 1.54) is 49.6 Å². The number of methoxy groups -OCH3 is 1. The van der Waals surface area contributed by atoms with Gasteiger partial charge in [0.05, 0.1) is 29.7 Å². The van der Waals surface area contributed by atoms with Gasteiger partial charge in [0, 0.05) is 28.8 Å². The van der Waals surface area contributed by atoms with E-state index < -0.39 is 39.8 Å². The molecule has 194 valence electrons. The van der Waals surface area contributed by atoms with Gasteiger partial charge in [-0.3, -0.25) is 14.9 Å². The summed E-state index contributed by atoms with van der Waals surface area (Å²) in [5.74, 6) is -1.51. The van der Waals surface area contributed by atoms with E-state index in [1.807, 2.05) is 0 Å². The van der Waals surface area contributed by atoms with Crippen LogP contribution in [0.4, 0.5) is 10.1 Å². The number of carbonyl (C=O) groups is 1. The second-order valence-electron chi connectivity index (χ2n) is 7.77. The molecule has 0 bridgehead atoms. The Morgan fingerprint density at radius 1 is 1.22 bits per heavy atom. The number of nitrogens with zero attached hydrogens (tertiary/aromatic N) is 3. The molecule has 13 heteroatoms. The van der Waals surface area contributed by atoms with Crippen molar-refractivity contribution in [2.45, 2.75) is 18.4 Å². The van der Waals surface area contributed by atoms with E-state index in [4.69, 9.17) is 16.3 Å². The largest absolute Gasteiger partial charge is 0.490 e. The van der Waals surface area contributed by atoms with Crippen molar-refractivity contribution in [2.24, 2.45) is 5.10 Å². The van der Waals surface area contributed by atoms with Crippen LogP contribution in [0.25, 0.3) is 0 Å². The number of hydrazone groups is 1. The molecule has 0 aromatic heterocycles. The summed E-state index contributed by atoms with van der Waals surface area (Å²) < 4.78 is 46.8. The maximum atomic E-state index is 14.4. The number of carbonyl (C=O) groups excluding carboxylic acids is 1. The van der Waals surface area contributed by atoms with Crippen molar-refractivity contribution in [1.82, 2.24) is 9.73 Å². The molecule has 3 aromatic carbocycles. The van der Waals surface area contributed by atoms with E-state index in [2.05, 4.69) is 10.5 Å². The number of nitrogens with one attached hydrogen (secondary N) is 1. The Morgan fingerprint density at radius 3 is 2.54 bits per heavy atom.